The highest BCUT2D eigenvalue weighted by Crippen LogP contribution is 2.38. The minimum absolute atomic E-state index is 0.0437. The van der Waals surface area contributed by atoms with Gasteiger partial charge < -0.3 is 29.2 Å². The number of rotatable bonds is 14. The van der Waals surface area contributed by atoms with Gasteiger partial charge in [-0.3, -0.25) is 19.3 Å². The number of nitrogens with one attached hydrogen (secondary N) is 3. The van der Waals surface area contributed by atoms with E-state index in [1.54, 1.807) is 39.1 Å². The number of ether oxygens (including phenoxy) is 2. The Kier molecular flexibility index (Phi) is 13.1. The SMILES string of the molecule is CNC(=O)c1cccc(-c2ccc(OP(NCC(=O)OC(C)C)OC[C@@H]3CC(C)C(N(/C=C\C=O)C(=O)NC)O3)cc2)c1. The lowest BCUT2D eigenvalue weighted by atomic mass is 10.0. The molecule has 0 spiro atoms. The topological polar surface area (TPSA) is 145 Å². The molecule has 2 aromatic carbocycles. The Morgan fingerprint density at radius 2 is 1.84 bits per heavy atom. The van der Waals surface area contributed by atoms with Gasteiger partial charge in [-0.05, 0) is 61.7 Å². The smallest absolute Gasteiger partial charge is 0.323 e. The molecule has 1 fully saturated rings. The molecular formula is C30H39N4O8P. The largest absolute Gasteiger partial charge is 0.462 e. The molecule has 1 aliphatic rings. The Morgan fingerprint density at radius 3 is 2.49 bits per heavy atom. The molecule has 3 rings (SSSR count). The summed E-state index contributed by atoms with van der Waals surface area (Å²) in [6.45, 7) is 5.48. The second-order valence-electron chi connectivity index (χ2n) is 10.0. The van der Waals surface area contributed by atoms with Crippen LogP contribution in [0.2, 0.25) is 0 Å². The van der Waals surface area contributed by atoms with Gasteiger partial charge in [0.15, 0.2) is 0 Å². The van der Waals surface area contributed by atoms with Crippen molar-refractivity contribution in [1.82, 2.24) is 20.6 Å². The molecule has 3 unspecified atom stereocenters. The van der Waals surface area contributed by atoms with Crippen molar-refractivity contribution in [3.63, 3.8) is 0 Å². The Hall–Kier alpha value is -3.83. The number of hydrogen-bond donors (Lipinski definition) is 3. The highest BCUT2D eigenvalue weighted by Gasteiger charge is 2.38. The average molecular weight is 615 g/mol. The van der Waals surface area contributed by atoms with E-state index in [4.69, 9.17) is 18.5 Å². The lowest BCUT2D eigenvalue weighted by Crippen LogP contribution is -2.44. The van der Waals surface area contributed by atoms with Crippen LogP contribution in [-0.4, -0.2) is 74.8 Å². The summed E-state index contributed by atoms with van der Waals surface area (Å²) in [5.41, 5.74) is 2.32. The molecule has 0 saturated carbocycles. The van der Waals surface area contributed by atoms with E-state index in [0.717, 1.165) is 11.1 Å². The maximum absolute atomic E-state index is 12.4. The molecule has 1 aliphatic heterocycles. The molecular weight excluding hydrogens is 575 g/mol. The molecule has 3 N–H and O–H groups in total. The van der Waals surface area contributed by atoms with Crippen molar-refractivity contribution in [3.05, 3.63) is 66.4 Å². The van der Waals surface area contributed by atoms with Gasteiger partial charge in [0.25, 0.3) is 5.91 Å². The number of esters is 1. The highest BCUT2D eigenvalue weighted by atomic mass is 31.2. The molecule has 0 bridgehead atoms. The first-order chi connectivity index (χ1) is 20.6. The Morgan fingerprint density at radius 1 is 1.09 bits per heavy atom. The van der Waals surface area contributed by atoms with E-state index in [1.807, 2.05) is 37.3 Å². The van der Waals surface area contributed by atoms with Gasteiger partial charge in [0.2, 0.25) is 0 Å². The Balaban J connectivity index is 1.69. The van der Waals surface area contributed by atoms with Crippen LogP contribution in [0.1, 0.15) is 37.6 Å². The fraction of sp³-hybridized carbons (Fsp3) is 0.400. The summed E-state index contributed by atoms with van der Waals surface area (Å²) >= 11 is 0. The summed E-state index contributed by atoms with van der Waals surface area (Å²) in [5.74, 6) is -0.157. The summed E-state index contributed by atoms with van der Waals surface area (Å²) in [4.78, 5) is 48.8. The normalized spacial score (nSPS) is 18.7. The third kappa shape index (κ3) is 10.1. The van der Waals surface area contributed by atoms with Crippen molar-refractivity contribution < 1.29 is 37.7 Å². The molecule has 232 valence electrons. The first kappa shape index (κ1) is 33.7. The van der Waals surface area contributed by atoms with E-state index in [2.05, 4.69) is 15.7 Å². The highest BCUT2D eigenvalue weighted by molar-refractivity contribution is 7.45. The second kappa shape index (κ2) is 16.7. The number of nitrogens with zero attached hydrogens (tertiary/aromatic N) is 1. The zero-order chi connectivity index (χ0) is 31.4. The zero-order valence-corrected chi connectivity index (χ0v) is 25.8. The van der Waals surface area contributed by atoms with Crippen molar-refractivity contribution in [1.29, 1.82) is 0 Å². The van der Waals surface area contributed by atoms with Gasteiger partial charge in [-0.1, -0.05) is 31.2 Å². The van der Waals surface area contributed by atoms with Crippen LogP contribution in [0.4, 0.5) is 4.79 Å². The number of allylic oxidation sites excluding steroid dienone is 1. The monoisotopic (exact) mass is 614 g/mol. The van der Waals surface area contributed by atoms with Crippen LogP contribution in [-0.2, 0) is 23.6 Å². The molecule has 0 radical (unpaired) electrons. The van der Waals surface area contributed by atoms with E-state index < -0.39 is 26.8 Å². The van der Waals surface area contributed by atoms with E-state index in [1.165, 1.54) is 24.2 Å². The molecule has 3 amide bonds. The van der Waals surface area contributed by atoms with E-state index >= 15 is 0 Å². The van der Waals surface area contributed by atoms with Gasteiger partial charge in [-0.15, -0.1) is 0 Å². The van der Waals surface area contributed by atoms with E-state index in [-0.39, 0.29) is 37.2 Å². The summed E-state index contributed by atoms with van der Waals surface area (Å²) in [6, 6.07) is 14.2. The van der Waals surface area contributed by atoms with Crippen molar-refractivity contribution in [3.8, 4) is 16.9 Å². The van der Waals surface area contributed by atoms with Crippen LogP contribution in [0.15, 0.2) is 60.8 Å². The minimum atomic E-state index is -1.80. The summed E-state index contributed by atoms with van der Waals surface area (Å²) in [6.07, 6.45) is 2.56. The summed E-state index contributed by atoms with van der Waals surface area (Å²) in [7, 11) is 1.29. The first-order valence-electron chi connectivity index (χ1n) is 13.9. The second-order valence-corrected chi connectivity index (χ2v) is 11.3. The quantitative estimate of drug-likeness (QED) is 0.125. The van der Waals surface area contributed by atoms with Gasteiger partial charge >= 0.3 is 20.5 Å². The number of carbonyl (C=O) groups is 4. The lowest BCUT2D eigenvalue weighted by Gasteiger charge is -2.27. The molecule has 1 heterocycles. The van der Waals surface area contributed by atoms with Crippen LogP contribution in [0.5, 0.6) is 5.75 Å². The molecule has 13 heteroatoms. The fourth-order valence-corrected chi connectivity index (χ4v) is 5.45. The van der Waals surface area contributed by atoms with Gasteiger partial charge in [0.1, 0.15) is 24.8 Å². The van der Waals surface area contributed by atoms with E-state index in [9.17, 15) is 19.2 Å². The molecule has 0 aromatic heterocycles. The standard InChI is InChI=1S/C30H39N4O8P/c1-20(2)40-27(36)18-33-43(39-19-26-16-21(3)29(41-26)34(14-7-15-35)30(38)32-5)42-25-12-10-22(11-13-25)23-8-6-9-24(17-23)28(37)31-4/h6-15,17,20-21,26,29,33H,16,18-19H2,1-5H3,(H,31,37)(H,32,38)/b14-7-/t21?,26-,29?,43?/m0/s1. The van der Waals surface area contributed by atoms with Gasteiger partial charge in [-0.2, -0.15) is 0 Å². The van der Waals surface area contributed by atoms with Crippen LogP contribution in [0, 0.1) is 5.92 Å². The number of hydrogen-bond acceptors (Lipinski definition) is 9. The summed E-state index contributed by atoms with van der Waals surface area (Å²) < 4.78 is 23.5. The van der Waals surface area contributed by atoms with Gasteiger partial charge in [0, 0.05) is 31.8 Å². The number of urea groups is 1. The van der Waals surface area contributed by atoms with Crippen molar-refractivity contribution in [2.24, 2.45) is 5.92 Å². The number of amides is 3. The summed E-state index contributed by atoms with van der Waals surface area (Å²) in [5, 5.41) is 8.16. The maximum Gasteiger partial charge on any atom is 0.323 e. The number of carbonyl (C=O) groups excluding carboxylic acids is 4. The van der Waals surface area contributed by atoms with Crippen molar-refractivity contribution >= 4 is 32.7 Å². The predicted octanol–water partition coefficient (Wildman–Crippen LogP) is 3.98. The molecule has 12 nitrogen and oxygen atoms in total. The molecule has 4 atom stereocenters. The third-order valence-electron chi connectivity index (χ3n) is 6.33. The van der Waals surface area contributed by atoms with Crippen molar-refractivity contribution in [2.75, 3.05) is 27.2 Å². The molecule has 43 heavy (non-hydrogen) atoms. The van der Waals surface area contributed by atoms with Crippen LogP contribution >= 0.6 is 8.53 Å². The number of aldehydes is 1. The lowest BCUT2D eigenvalue weighted by molar-refractivity contribution is -0.145. The molecule has 0 aliphatic carbocycles. The average Bonchev–Trinajstić information content (AvgIpc) is 3.37. The van der Waals surface area contributed by atoms with Gasteiger partial charge in [-0.25, -0.2) is 9.88 Å². The van der Waals surface area contributed by atoms with Crippen LogP contribution in [0.25, 0.3) is 11.1 Å². The Bertz CT molecular complexity index is 1270. The fourth-order valence-electron chi connectivity index (χ4n) is 4.37. The molecule has 2 aromatic rings. The number of benzene rings is 2. The zero-order valence-electron chi connectivity index (χ0n) is 24.9. The minimum Gasteiger partial charge on any atom is -0.462 e. The van der Waals surface area contributed by atoms with Crippen LogP contribution in [0.3, 0.4) is 0 Å². The maximum atomic E-state index is 12.4. The van der Waals surface area contributed by atoms with Gasteiger partial charge in [0.05, 0.1) is 18.8 Å². The van der Waals surface area contributed by atoms with E-state index in [0.29, 0.717) is 24.0 Å². The third-order valence-corrected chi connectivity index (χ3v) is 7.50. The van der Waals surface area contributed by atoms with Crippen LogP contribution < -0.4 is 20.2 Å². The first-order valence-corrected chi connectivity index (χ1v) is 15.1. The Labute approximate surface area is 253 Å². The predicted molar refractivity (Wildman–Crippen MR) is 162 cm³/mol. The molecule has 1 saturated heterocycles. The van der Waals surface area contributed by atoms with Crippen molar-refractivity contribution in [2.45, 2.75) is 45.6 Å².